The maximum absolute atomic E-state index is 14.0. The molecular formula is C19H26BF2N4O13P3. The van der Waals surface area contributed by atoms with E-state index >= 15 is 0 Å². The summed E-state index contributed by atoms with van der Waals surface area (Å²) in [5.41, 5.74) is -1.64. The number of alkyl halides is 2. The average molecular weight is 660 g/mol. The van der Waals surface area contributed by atoms with E-state index < -0.39 is 76.9 Å². The second-order valence-corrected chi connectivity index (χ2v) is 16.6. The second kappa shape index (κ2) is 11.0. The van der Waals surface area contributed by atoms with Crippen LogP contribution in [-0.4, -0.2) is 79.6 Å². The molecule has 2 aliphatic heterocycles. The molecule has 1 amide bonds. The number of halogens is 2. The standard InChI is InChI=1S/C19H26BF2N4O13P3/c1-9(27)25-15-12-5-6-26(16(12)24-8-23-15)17-18(4,37-11(3)29)14(35-10(2)28)13(36-17)7-34-42(20)38-40(30,31)19(21,22)41(32,33)39-42/h5-6,8,13-14,17,42H,7,20H2,1-4H3,(H,30,31)(H,32,33)(H,23,24,25,27)/t13-,14?,17-,18-/m1/s1. The molecule has 4 rings (SSSR count). The summed E-state index contributed by atoms with van der Waals surface area (Å²) < 4.78 is 85.2. The molecule has 0 spiro atoms. The molecule has 232 valence electrons. The molecule has 23 heteroatoms. The zero-order chi connectivity index (χ0) is 31.5. The molecule has 17 nitrogen and oxygen atoms in total. The van der Waals surface area contributed by atoms with E-state index in [9.17, 15) is 42.1 Å². The van der Waals surface area contributed by atoms with Crippen LogP contribution >= 0.6 is 23.0 Å². The Kier molecular flexibility index (Phi) is 8.48. The van der Waals surface area contributed by atoms with E-state index in [2.05, 4.69) is 23.9 Å². The second-order valence-electron chi connectivity index (χ2n) is 9.60. The minimum atomic E-state index is -6.05. The Morgan fingerprint density at radius 3 is 2.33 bits per heavy atom. The van der Waals surface area contributed by atoms with Crippen molar-refractivity contribution in [1.29, 1.82) is 0 Å². The number of carbonyl (C=O) groups excluding carboxylic acids is 3. The summed E-state index contributed by atoms with van der Waals surface area (Å²) in [6.45, 7) is 3.98. The number of hydrogen-bond acceptors (Lipinski definition) is 13. The summed E-state index contributed by atoms with van der Waals surface area (Å²) in [5.74, 6) is -1.94. The SMILES string of the molecule is B[PH]1(OC[C@H]2O[C@@H](n3ccc4c(NC(C)=O)ncnc43)[C@](C)(OC(C)=O)C2OC(C)=O)OP(=O)(O)C(F)(F)P(=O)(O)O1. The molecule has 42 heavy (non-hydrogen) atoms. The van der Waals surface area contributed by atoms with Gasteiger partial charge in [0, 0.05) is 0 Å². The number of esters is 2. The van der Waals surface area contributed by atoms with E-state index in [1.807, 2.05) is 0 Å². The molecule has 2 saturated heterocycles. The van der Waals surface area contributed by atoms with Crippen molar-refractivity contribution in [2.45, 2.75) is 57.1 Å². The van der Waals surface area contributed by atoms with E-state index in [4.69, 9.17) is 18.7 Å². The predicted molar refractivity (Wildman–Crippen MR) is 141 cm³/mol. The zero-order valence-corrected chi connectivity index (χ0v) is 25.3. The van der Waals surface area contributed by atoms with Gasteiger partial charge in [-0.3, -0.25) is 0 Å². The third kappa shape index (κ3) is 5.75. The number of nitrogens with zero attached hydrogens (tertiary/aromatic N) is 3. The Morgan fingerprint density at radius 1 is 1.17 bits per heavy atom. The van der Waals surface area contributed by atoms with E-state index in [1.165, 1.54) is 30.7 Å². The van der Waals surface area contributed by atoms with Crippen molar-refractivity contribution < 1.29 is 69.4 Å². The van der Waals surface area contributed by atoms with Crippen LogP contribution in [0.2, 0.25) is 0 Å². The van der Waals surface area contributed by atoms with Crippen molar-refractivity contribution in [2.24, 2.45) is 0 Å². The van der Waals surface area contributed by atoms with Gasteiger partial charge in [0.2, 0.25) is 0 Å². The molecule has 0 aliphatic carbocycles. The van der Waals surface area contributed by atoms with Crippen LogP contribution in [0.25, 0.3) is 11.0 Å². The van der Waals surface area contributed by atoms with E-state index in [1.54, 1.807) is 0 Å². The number of hydrogen-bond donors (Lipinski definition) is 3. The van der Waals surface area contributed by atoms with Crippen molar-refractivity contribution in [3.63, 3.8) is 0 Å². The van der Waals surface area contributed by atoms with Gasteiger partial charge in [0.1, 0.15) is 0 Å². The molecular weight excluding hydrogens is 634 g/mol. The third-order valence-corrected chi connectivity index (χ3v) is 14.4. The first-order valence-electron chi connectivity index (χ1n) is 11.9. The van der Waals surface area contributed by atoms with Crippen molar-refractivity contribution in [2.75, 3.05) is 11.9 Å². The Balaban J connectivity index is 1.73. The van der Waals surface area contributed by atoms with Gasteiger partial charge in [0.15, 0.2) is 0 Å². The number of rotatable bonds is 7. The van der Waals surface area contributed by atoms with E-state index in [0.717, 1.165) is 27.7 Å². The van der Waals surface area contributed by atoms with Crippen molar-refractivity contribution >= 4 is 65.3 Å². The van der Waals surface area contributed by atoms with E-state index in [0.29, 0.717) is 5.39 Å². The molecule has 2 aromatic rings. The van der Waals surface area contributed by atoms with Gasteiger partial charge in [-0.1, -0.05) is 0 Å². The fourth-order valence-corrected chi connectivity index (χ4v) is 12.4. The normalized spacial score (nSPS) is 34.4. The van der Waals surface area contributed by atoms with Crippen LogP contribution in [0.3, 0.4) is 0 Å². The number of nitrogens with one attached hydrogen (secondary N) is 1. The summed E-state index contributed by atoms with van der Waals surface area (Å²) in [5, 5.41) is -2.22. The number of aromatic nitrogens is 3. The van der Waals surface area contributed by atoms with Crippen LogP contribution in [0.4, 0.5) is 14.6 Å². The van der Waals surface area contributed by atoms with E-state index in [-0.39, 0.29) is 11.5 Å². The van der Waals surface area contributed by atoms with Gasteiger partial charge in [-0.25, -0.2) is 0 Å². The van der Waals surface area contributed by atoms with Crippen LogP contribution in [0, 0.1) is 0 Å². The Bertz CT molecular complexity index is 1520. The average Bonchev–Trinajstić information content (AvgIpc) is 3.35. The summed E-state index contributed by atoms with van der Waals surface area (Å²) in [7, 11) is -16.0. The molecule has 2 aliphatic rings. The third-order valence-electron chi connectivity index (χ3n) is 6.18. The summed E-state index contributed by atoms with van der Waals surface area (Å²) in [6, 6.07) is 1.53. The van der Waals surface area contributed by atoms with Gasteiger partial charge in [0.05, 0.1) is 0 Å². The minimum absolute atomic E-state index is 0.152. The number of anilines is 1. The Morgan fingerprint density at radius 2 is 1.79 bits per heavy atom. The molecule has 0 bridgehead atoms. The van der Waals surface area contributed by atoms with Crippen LogP contribution in [-0.2, 0) is 50.9 Å². The monoisotopic (exact) mass is 660 g/mol. The van der Waals surface area contributed by atoms with Gasteiger partial charge in [-0.15, -0.1) is 0 Å². The quantitative estimate of drug-likeness (QED) is 0.218. The van der Waals surface area contributed by atoms with Crippen molar-refractivity contribution in [3.05, 3.63) is 18.6 Å². The van der Waals surface area contributed by atoms with Gasteiger partial charge >= 0.3 is 237 Å². The maximum atomic E-state index is 14.0. The van der Waals surface area contributed by atoms with Crippen LogP contribution < -0.4 is 5.32 Å². The molecule has 3 N–H and O–H groups in total. The van der Waals surface area contributed by atoms with Crippen molar-refractivity contribution in [3.8, 4) is 0 Å². The Labute approximate surface area is 237 Å². The molecule has 2 aromatic heterocycles. The van der Waals surface area contributed by atoms with Crippen LogP contribution in [0.15, 0.2) is 18.6 Å². The topological polar surface area (TPSA) is 224 Å². The number of amides is 1. The number of carbonyl (C=O) groups is 3. The molecule has 6 atom stereocenters. The number of ether oxygens (including phenoxy) is 3. The summed E-state index contributed by atoms with van der Waals surface area (Å²) in [6.07, 6.45) is -1.60. The predicted octanol–water partition coefficient (Wildman–Crippen LogP) is 1.57. The van der Waals surface area contributed by atoms with Crippen LogP contribution in [0.1, 0.15) is 33.9 Å². The first kappa shape index (κ1) is 32.5. The molecule has 0 saturated carbocycles. The van der Waals surface area contributed by atoms with Gasteiger partial charge < -0.3 is 0 Å². The van der Waals surface area contributed by atoms with Gasteiger partial charge in [0.25, 0.3) is 0 Å². The van der Waals surface area contributed by atoms with Gasteiger partial charge in [-0.05, 0) is 0 Å². The Hall–Kier alpha value is -2.40. The molecule has 2 fully saturated rings. The molecule has 4 heterocycles. The summed E-state index contributed by atoms with van der Waals surface area (Å²) in [4.78, 5) is 63.5. The fraction of sp³-hybridized carbons (Fsp3) is 0.526. The van der Waals surface area contributed by atoms with Crippen molar-refractivity contribution in [1.82, 2.24) is 14.5 Å². The molecule has 0 aromatic carbocycles. The molecule has 3 unspecified atom stereocenters. The zero-order valence-electron chi connectivity index (χ0n) is 22.5. The molecule has 0 radical (unpaired) electrons. The first-order chi connectivity index (χ1) is 19.2. The van der Waals surface area contributed by atoms with Gasteiger partial charge in [-0.2, -0.15) is 0 Å². The fourth-order valence-electron chi connectivity index (χ4n) is 4.59. The number of fused-ring (bicyclic) bond motifs is 1. The first-order valence-corrected chi connectivity index (χ1v) is 17.3. The summed E-state index contributed by atoms with van der Waals surface area (Å²) >= 11 is 0. The van der Waals surface area contributed by atoms with Crippen LogP contribution in [0.5, 0.6) is 0 Å².